The molecule has 0 amide bonds. The first-order chi connectivity index (χ1) is 8.24. The topological polar surface area (TPSA) is 12.0 Å². The van der Waals surface area contributed by atoms with Crippen LogP contribution in [0.25, 0.3) is 0 Å². The first-order valence-electron chi connectivity index (χ1n) is 7.02. The lowest BCUT2D eigenvalue weighted by molar-refractivity contribution is 0.533. The van der Waals surface area contributed by atoms with Crippen molar-refractivity contribution in [2.45, 2.75) is 39.5 Å². The molecule has 1 aromatic carbocycles. The summed E-state index contributed by atoms with van der Waals surface area (Å²) < 4.78 is 0. The van der Waals surface area contributed by atoms with Crippen LogP contribution < -0.4 is 5.32 Å². The second-order valence-corrected chi connectivity index (χ2v) is 5.81. The molecule has 0 radical (unpaired) electrons. The Labute approximate surface area is 106 Å². The van der Waals surface area contributed by atoms with Crippen molar-refractivity contribution in [3.05, 3.63) is 35.4 Å². The molecule has 1 heteroatoms. The minimum Gasteiger partial charge on any atom is -0.316 e. The van der Waals surface area contributed by atoms with E-state index >= 15 is 0 Å². The molecular weight excluding hydrogens is 206 g/mol. The molecule has 1 unspecified atom stereocenters. The van der Waals surface area contributed by atoms with Gasteiger partial charge in [-0.05, 0) is 61.7 Å². The number of nitrogens with one attached hydrogen (secondary N) is 1. The maximum Gasteiger partial charge on any atom is -0.00199 e. The summed E-state index contributed by atoms with van der Waals surface area (Å²) >= 11 is 0. The Morgan fingerprint density at radius 2 is 1.88 bits per heavy atom. The first-order valence-corrected chi connectivity index (χ1v) is 7.02. The van der Waals surface area contributed by atoms with Gasteiger partial charge in [-0.3, -0.25) is 0 Å². The molecule has 17 heavy (non-hydrogen) atoms. The highest BCUT2D eigenvalue weighted by atomic mass is 14.9. The molecule has 0 aromatic heterocycles. The van der Waals surface area contributed by atoms with E-state index in [-0.39, 0.29) is 0 Å². The molecule has 2 rings (SSSR count). The highest BCUT2D eigenvalue weighted by Crippen LogP contribution is 2.17. The van der Waals surface area contributed by atoms with Gasteiger partial charge in [0.15, 0.2) is 0 Å². The summed E-state index contributed by atoms with van der Waals surface area (Å²) in [4.78, 5) is 0. The second kappa shape index (κ2) is 6.20. The van der Waals surface area contributed by atoms with Gasteiger partial charge in [0.25, 0.3) is 0 Å². The molecule has 1 atom stereocenters. The van der Waals surface area contributed by atoms with Crippen molar-refractivity contribution in [1.29, 1.82) is 0 Å². The van der Waals surface area contributed by atoms with Crippen LogP contribution in [0.3, 0.4) is 0 Å². The highest BCUT2D eigenvalue weighted by Gasteiger charge is 2.13. The standard InChI is InChI=1S/C16H25N/c1-13(2)11-15-6-3-14(4-7-15)5-8-16-9-10-17-12-16/h3-4,6-7,13,16-17H,5,8-12H2,1-2H3. The van der Waals surface area contributed by atoms with E-state index in [9.17, 15) is 0 Å². The summed E-state index contributed by atoms with van der Waals surface area (Å²) in [7, 11) is 0. The third kappa shape index (κ3) is 4.16. The van der Waals surface area contributed by atoms with Crippen LogP contribution >= 0.6 is 0 Å². The van der Waals surface area contributed by atoms with Gasteiger partial charge in [0.1, 0.15) is 0 Å². The number of hydrogen-bond donors (Lipinski definition) is 1. The summed E-state index contributed by atoms with van der Waals surface area (Å²) in [6.45, 7) is 7.01. The van der Waals surface area contributed by atoms with E-state index in [1.54, 1.807) is 0 Å². The normalized spacial score (nSPS) is 20.1. The predicted octanol–water partition coefficient (Wildman–Crippen LogP) is 3.43. The van der Waals surface area contributed by atoms with E-state index in [1.165, 1.54) is 49.9 Å². The Kier molecular flexibility index (Phi) is 4.61. The molecule has 1 saturated heterocycles. The van der Waals surface area contributed by atoms with E-state index in [0.717, 1.165) is 11.8 Å². The summed E-state index contributed by atoms with van der Waals surface area (Å²) in [5.41, 5.74) is 2.98. The molecule has 0 bridgehead atoms. The quantitative estimate of drug-likeness (QED) is 0.818. The van der Waals surface area contributed by atoms with Crippen LogP contribution in [-0.2, 0) is 12.8 Å². The lowest BCUT2D eigenvalue weighted by Gasteiger charge is -2.09. The zero-order valence-corrected chi connectivity index (χ0v) is 11.2. The van der Waals surface area contributed by atoms with Crippen molar-refractivity contribution in [1.82, 2.24) is 5.32 Å². The van der Waals surface area contributed by atoms with Crippen LogP contribution in [0, 0.1) is 11.8 Å². The molecule has 1 fully saturated rings. The van der Waals surface area contributed by atoms with Crippen molar-refractivity contribution in [3.8, 4) is 0 Å². The molecule has 0 aliphatic carbocycles. The van der Waals surface area contributed by atoms with Crippen molar-refractivity contribution in [3.63, 3.8) is 0 Å². The van der Waals surface area contributed by atoms with Gasteiger partial charge in [0, 0.05) is 0 Å². The van der Waals surface area contributed by atoms with Gasteiger partial charge in [0.2, 0.25) is 0 Å². The number of aryl methyl sites for hydroxylation is 1. The molecule has 94 valence electrons. The average molecular weight is 231 g/mol. The molecule has 1 aliphatic heterocycles. The van der Waals surface area contributed by atoms with E-state index in [0.29, 0.717) is 0 Å². The van der Waals surface area contributed by atoms with Crippen molar-refractivity contribution in [2.24, 2.45) is 11.8 Å². The summed E-state index contributed by atoms with van der Waals surface area (Å²) in [6, 6.07) is 9.25. The van der Waals surface area contributed by atoms with Crippen molar-refractivity contribution in [2.75, 3.05) is 13.1 Å². The molecule has 1 N–H and O–H groups in total. The van der Waals surface area contributed by atoms with Crippen LogP contribution in [-0.4, -0.2) is 13.1 Å². The zero-order chi connectivity index (χ0) is 12.1. The Hall–Kier alpha value is -0.820. The fourth-order valence-corrected chi connectivity index (χ4v) is 2.65. The first kappa shape index (κ1) is 12.6. The van der Waals surface area contributed by atoms with E-state index in [1.807, 2.05) is 0 Å². The molecule has 1 aliphatic rings. The van der Waals surface area contributed by atoms with Gasteiger partial charge in [-0.2, -0.15) is 0 Å². The predicted molar refractivity (Wildman–Crippen MR) is 74.3 cm³/mol. The minimum absolute atomic E-state index is 0.755. The maximum absolute atomic E-state index is 3.44. The largest absolute Gasteiger partial charge is 0.316 e. The third-order valence-electron chi connectivity index (χ3n) is 3.67. The summed E-state index contributed by atoms with van der Waals surface area (Å²) in [5, 5.41) is 3.44. The lowest BCUT2D eigenvalue weighted by atomic mass is 9.97. The number of hydrogen-bond acceptors (Lipinski definition) is 1. The van der Waals surface area contributed by atoms with Gasteiger partial charge in [-0.15, -0.1) is 0 Å². The third-order valence-corrected chi connectivity index (χ3v) is 3.67. The van der Waals surface area contributed by atoms with Crippen molar-refractivity contribution >= 4 is 0 Å². The van der Waals surface area contributed by atoms with Crippen LogP contribution in [0.2, 0.25) is 0 Å². The van der Waals surface area contributed by atoms with Gasteiger partial charge in [0.05, 0.1) is 0 Å². The smallest absolute Gasteiger partial charge is 0.00199 e. The Bertz CT molecular complexity index is 320. The zero-order valence-electron chi connectivity index (χ0n) is 11.2. The summed E-state index contributed by atoms with van der Waals surface area (Å²) in [6.07, 6.45) is 5.16. The van der Waals surface area contributed by atoms with E-state index in [2.05, 4.69) is 43.4 Å². The molecule has 1 aromatic rings. The average Bonchev–Trinajstić information content (AvgIpc) is 2.80. The molecule has 1 nitrogen and oxygen atoms in total. The van der Waals surface area contributed by atoms with Gasteiger partial charge in [-0.1, -0.05) is 38.1 Å². The number of benzene rings is 1. The lowest BCUT2D eigenvalue weighted by Crippen LogP contribution is -2.09. The fraction of sp³-hybridized carbons (Fsp3) is 0.625. The van der Waals surface area contributed by atoms with Crippen LogP contribution in [0.1, 0.15) is 37.8 Å². The highest BCUT2D eigenvalue weighted by molar-refractivity contribution is 5.23. The minimum atomic E-state index is 0.755. The van der Waals surface area contributed by atoms with Gasteiger partial charge >= 0.3 is 0 Å². The molecule has 0 saturated carbocycles. The van der Waals surface area contributed by atoms with Gasteiger partial charge < -0.3 is 5.32 Å². The van der Waals surface area contributed by atoms with Crippen LogP contribution in [0.15, 0.2) is 24.3 Å². The van der Waals surface area contributed by atoms with E-state index in [4.69, 9.17) is 0 Å². The Balaban J connectivity index is 1.80. The maximum atomic E-state index is 3.44. The Morgan fingerprint density at radius 3 is 2.47 bits per heavy atom. The molecule has 1 heterocycles. The van der Waals surface area contributed by atoms with E-state index < -0.39 is 0 Å². The molecular formula is C16H25N. The summed E-state index contributed by atoms with van der Waals surface area (Å²) in [5.74, 6) is 1.66. The number of rotatable bonds is 5. The Morgan fingerprint density at radius 1 is 1.18 bits per heavy atom. The van der Waals surface area contributed by atoms with Gasteiger partial charge in [-0.25, -0.2) is 0 Å². The van der Waals surface area contributed by atoms with Crippen LogP contribution in [0.4, 0.5) is 0 Å². The monoisotopic (exact) mass is 231 g/mol. The van der Waals surface area contributed by atoms with Crippen molar-refractivity contribution < 1.29 is 0 Å². The molecule has 0 spiro atoms. The fourth-order valence-electron chi connectivity index (χ4n) is 2.65. The van der Waals surface area contributed by atoms with Crippen LogP contribution in [0.5, 0.6) is 0 Å². The second-order valence-electron chi connectivity index (χ2n) is 5.81. The SMILES string of the molecule is CC(C)Cc1ccc(CCC2CCNC2)cc1.